The van der Waals surface area contributed by atoms with E-state index in [-0.39, 0.29) is 22.7 Å². The Morgan fingerprint density at radius 1 is 1.08 bits per heavy atom. The van der Waals surface area contributed by atoms with Gasteiger partial charge >= 0.3 is 5.97 Å². The lowest BCUT2D eigenvalue weighted by molar-refractivity contribution is -0.145. The quantitative estimate of drug-likeness (QED) is 0.760. The Morgan fingerprint density at radius 2 is 1.54 bits per heavy atom. The summed E-state index contributed by atoms with van der Waals surface area (Å²) in [6, 6.07) is 4.10. The molecular weight excluding hydrogens is 300 g/mol. The van der Waals surface area contributed by atoms with Gasteiger partial charge in [0.1, 0.15) is 5.75 Å². The summed E-state index contributed by atoms with van der Waals surface area (Å²) in [7, 11) is 1.45. The van der Waals surface area contributed by atoms with Crippen molar-refractivity contribution in [3.05, 3.63) is 28.8 Å². The highest BCUT2D eigenvalue weighted by Gasteiger charge is 2.28. The number of esters is 1. The molecule has 0 aliphatic rings. The number of carbonyl (C=O) groups excluding carboxylic acids is 1. The fraction of sp³-hybridized carbons (Fsp3) is 0.667. The molecule has 1 rings (SSSR count). The largest absolute Gasteiger partial charge is 0.507 e. The van der Waals surface area contributed by atoms with Crippen molar-refractivity contribution in [2.45, 2.75) is 78.6 Å². The van der Waals surface area contributed by atoms with Crippen LogP contribution in [0.25, 0.3) is 0 Å². The molecule has 0 bridgehead atoms. The summed E-state index contributed by atoms with van der Waals surface area (Å²) >= 11 is 0. The molecule has 136 valence electrons. The van der Waals surface area contributed by atoms with E-state index in [2.05, 4.69) is 60.6 Å². The van der Waals surface area contributed by atoms with Crippen molar-refractivity contribution in [2.75, 3.05) is 7.11 Å². The van der Waals surface area contributed by atoms with E-state index in [1.807, 2.05) is 0 Å². The predicted molar refractivity (Wildman–Crippen MR) is 99.6 cm³/mol. The van der Waals surface area contributed by atoms with Gasteiger partial charge in [0.25, 0.3) is 0 Å². The Kier molecular flexibility index (Phi) is 6.49. The molecule has 1 aromatic rings. The van der Waals surface area contributed by atoms with Gasteiger partial charge < -0.3 is 9.84 Å². The van der Waals surface area contributed by atoms with E-state index in [9.17, 15) is 9.90 Å². The van der Waals surface area contributed by atoms with Crippen molar-refractivity contribution >= 4 is 5.97 Å². The zero-order valence-electron chi connectivity index (χ0n) is 16.6. The van der Waals surface area contributed by atoms with Crippen molar-refractivity contribution in [1.29, 1.82) is 0 Å². The summed E-state index contributed by atoms with van der Waals surface area (Å²) in [6.07, 6.45) is 2.40. The Balaban J connectivity index is 3.40. The molecule has 3 nitrogen and oxygen atoms in total. The first-order valence-corrected chi connectivity index (χ1v) is 8.86. The molecule has 0 aliphatic heterocycles. The van der Waals surface area contributed by atoms with Crippen LogP contribution in [0.2, 0.25) is 0 Å². The number of benzene rings is 1. The maximum Gasteiger partial charge on any atom is 0.308 e. The standard InChI is InChI=1S/C21H34O3/c1-9-10-15(19(23)24-8)11-14-12-16(20(2,3)4)18(22)17(13-14)21(5,6)7/h12-13,15,22H,9-11H2,1-8H3. The Bertz CT molecular complexity index is 539. The van der Waals surface area contributed by atoms with Crippen LogP contribution in [0, 0.1) is 5.92 Å². The summed E-state index contributed by atoms with van der Waals surface area (Å²) in [6.45, 7) is 14.7. The number of ether oxygens (including phenoxy) is 1. The van der Waals surface area contributed by atoms with E-state index in [1.54, 1.807) is 0 Å². The van der Waals surface area contributed by atoms with Crippen LogP contribution in [-0.4, -0.2) is 18.2 Å². The first-order valence-electron chi connectivity index (χ1n) is 8.86. The van der Waals surface area contributed by atoms with Crippen molar-refractivity contribution < 1.29 is 14.6 Å². The summed E-state index contributed by atoms with van der Waals surface area (Å²) < 4.78 is 4.97. The van der Waals surface area contributed by atoms with Gasteiger partial charge in [0, 0.05) is 0 Å². The van der Waals surface area contributed by atoms with Gasteiger partial charge in [0.15, 0.2) is 0 Å². The number of hydrogen-bond acceptors (Lipinski definition) is 3. The van der Waals surface area contributed by atoms with E-state index in [0.717, 1.165) is 29.5 Å². The van der Waals surface area contributed by atoms with Crippen molar-refractivity contribution in [1.82, 2.24) is 0 Å². The lowest BCUT2D eigenvalue weighted by Crippen LogP contribution is -2.21. The van der Waals surface area contributed by atoms with Gasteiger partial charge in [-0.2, -0.15) is 0 Å². The minimum Gasteiger partial charge on any atom is -0.507 e. The molecule has 0 heterocycles. The zero-order valence-corrected chi connectivity index (χ0v) is 16.6. The van der Waals surface area contributed by atoms with Crippen LogP contribution in [0.15, 0.2) is 12.1 Å². The summed E-state index contributed by atoms with van der Waals surface area (Å²) in [5, 5.41) is 10.8. The average molecular weight is 335 g/mol. The first-order chi connectivity index (χ1) is 10.9. The van der Waals surface area contributed by atoms with E-state index >= 15 is 0 Å². The maximum absolute atomic E-state index is 12.1. The number of rotatable bonds is 5. The molecule has 24 heavy (non-hydrogen) atoms. The molecule has 0 radical (unpaired) electrons. The zero-order chi connectivity index (χ0) is 18.7. The molecule has 1 unspecified atom stereocenters. The number of aromatic hydroxyl groups is 1. The van der Waals surface area contributed by atoms with Crippen LogP contribution < -0.4 is 0 Å². The Labute approximate surface area is 147 Å². The molecular formula is C21H34O3. The van der Waals surface area contributed by atoms with Crippen LogP contribution in [0.4, 0.5) is 0 Å². The van der Waals surface area contributed by atoms with Crippen LogP contribution >= 0.6 is 0 Å². The van der Waals surface area contributed by atoms with Gasteiger partial charge in [-0.15, -0.1) is 0 Å². The molecule has 0 spiro atoms. The highest BCUT2D eigenvalue weighted by Crippen LogP contribution is 2.40. The maximum atomic E-state index is 12.1. The topological polar surface area (TPSA) is 46.5 Å². The number of methoxy groups -OCH3 is 1. The second kappa shape index (κ2) is 7.58. The van der Waals surface area contributed by atoms with E-state index in [1.165, 1.54) is 7.11 Å². The van der Waals surface area contributed by atoms with Crippen LogP contribution in [0.1, 0.15) is 78.0 Å². The third kappa shape index (κ3) is 4.99. The number of hydrogen-bond donors (Lipinski definition) is 1. The normalized spacial score (nSPS) is 13.7. The summed E-state index contributed by atoms with van der Waals surface area (Å²) in [5.74, 6) is 0.0913. The monoisotopic (exact) mass is 334 g/mol. The van der Waals surface area contributed by atoms with Crippen molar-refractivity contribution in [3.8, 4) is 5.75 Å². The minimum atomic E-state index is -0.161. The van der Waals surface area contributed by atoms with Gasteiger partial charge in [-0.05, 0) is 40.4 Å². The number of phenolic OH excluding ortho intramolecular Hbond substituents is 1. The Morgan fingerprint density at radius 3 is 1.88 bits per heavy atom. The lowest BCUT2D eigenvalue weighted by atomic mass is 9.77. The number of carbonyl (C=O) groups is 1. The molecule has 1 N–H and O–H groups in total. The molecule has 0 aliphatic carbocycles. The van der Waals surface area contributed by atoms with Gasteiger partial charge in [-0.25, -0.2) is 0 Å². The molecule has 0 saturated heterocycles. The first kappa shape index (κ1) is 20.5. The lowest BCUT2D eigenvalue weighted by Gasteiger charge is -2.28. The van der Waals surface area contributed by atoms with E-state index < -0.39 is 0 Å². The fourth-order valence-corrected chi connectivity index (χ4v) is 3.06. The fourth-order valence-electron chi connectivity index (χ4n) is 3.06. The highest BCUT2D eigenvalue weighted by atomic mass is 16.5. The van der Waals surface area contributed by atoms with E-state index in [0.29, 0.717) is 12.2 Å². The summed E-state index contributed by atoms with van der Waals surface area (Å²) in [5.41, 5.74) is 2.64. The average Bonchev–Trinajstić information content (AvgIpc) is 2.45. The van der Waals surface area contributed by atoms with Crippen molar-refractivity contribution in [2.24, 2.45) is 5.92 Å². The highest BCUT2D eigenvalue weighted by molar-refractivity contribution is 5.72. The smallest absolute Gasteiger partial charge is 0.308 e. The SMILES string of the molecule is CCCC(Cc1cc(C(C)(C)C)c(O)c(C(C)(C)C)c1)C(=O)OC. The number of phenols is 1. The predicted octanol–water partition coefficient (Wildman–Crippen LogP) is 5.12. The molecule has 0 aromatic heterocycles. The third-order valence-corrected chi connectivity index (χ3v) is 4.44. The minimum absolute atomic E-state index is 0.134. The van der Waals surface area contributed by atoms with E-state index in [4.69, 9.17) is 4.74 Å². The van der Waals surface area contributed by atoms with Crippen LogP contribution in [-0.2, 0) is 26.8 Å². The van der Waals surface area contributed by atoms with Gasteiger partial charge in [0.05, 0.1) is 13.0 Å². The molecule has 1 aromatic carbocycles. The molecule has 0 fully saturated rings. The molecule has 3 heteroatoms. The van der Waals surface area contributed by atoms with Gasteiger partial charge in [0.2, 0.25) is 0 Å². The Hall–Kier alpha value is -1.51. The van der Waals surface area contributed by atoms with Crippen molar-refractivity contribution in [3.63, 3.8) is 0 Å². The second-order valence-corrected chi connectivity index (χ2v) is 8.75. The van der Waals surface area contributed by atoms with Gasteiger partial charge in [-0.1, -0.05) is 67.0 Å². The molecule has 0 amide bonds. The van der Waals surface area contributed by atoms with Crippen LogP contribution in [0.3, 0.4) is 0 Å². The van der Waals surface area contributed by atoms with Crippen LogP contribution in [0.5, 0.6) is 5.75 Å². The van der Waals surface area contributed by atoms with Gasteiger partial charge in [-0.3, -0.25) is 4.79 Å². The second-order valence-electron chi connectivity index (χ2n) is 8.75. The summed E-state index contributed by atoms with van der Waals surface area (Å²) in [4.78, 5) is 12.1. The molecule has 1 atom stereocenters. The molecule has 0 saturated carbocycles. The third-order valence-electron chi connectivity index (χ3n) is 4.44.